The van der Waals surface area contributed by atoms with E-state index in [0.29, 0.717) is 42.6 Å². The van der Waals surface area contributed by atoms with E-state index >= 15 is 0 Å². The first kappa shape index (κ1) is 21.4. The molecule has 1 amide bonds. The van der Waals surface area contributed by atoms with Crippen molar-refractivity contribution in [2.24, 2.45) is 11.8 Å². The quantitative estimate of drug-likeness (QED) is 0.710. The maximum atomic E-state index is 13.3. The molecule has 0 radical (unpaired) electrons. The van der Waals surface area contributed by atoms with Crippen molar-refractivity contribution in [3.05, 3.63) is 58.6 Å². The van der Waals surface area contributed by atoms with E-state index in [0.717, 1.165) is 36.8 Å². The topological polar surface area (TPSA) is 35.6 Å². The second kappa shape index (κ2) is 8.18. The third-order valence-corrected chi connectivity index (χ3v) is 7.08. The normalized spacial score (nSPS) is 22.9. The monoisotopic (exact) mass is 463 g/mol. The SMILES string of the molecule is O=C(NCC1CC1)C1Cc2cc(C(F)(F)F)ccc2N2CCN(c3ccc(Cl)cc3)CC12. The highest BCUT2D eigenvalue weighted by atomic mass is 35.5. The highest BCUT2D eigenvalue weighted by Crippen LogP contribution is 2.40. The smallest absolute Gasteiger partial charge is 0.368 e. The molecule has 0 aromatic heterocycles. The summed E-state index contributed by atoms with van der Waals surface area (Å²) >= 11 is 6.03. The predicted molar refractivity (Wildman–Crippen MR) is 119 cm³/mol. The molecule has 2 unspecified atom stereocenters. The summed E-state index contributed by atoms with van der Waals surface area (Å²) in [4.78, 5) is 17.5. The number of anilines is 2. The molecule has 1 saturated carbocycles. The molecular formula is C24H25ClF3N3O. The Morgan fingerprint density at radius 1 is 1.09 bits per heavy atom. The van der Waals surface area contributed by atoms with Gasteiger partial charge in [-0.15, -0.1) is 0 Å². The van der Waals surface area contributed by atoms with Gasteiger partial charge in [-0.2, -0.15) is 13.2 Å². The van der Waals surface area contributed by atoms with Gasteiger partial charge in [-0.05, 0) is 73.2 Å². The molecule has 8 heteroatoms. The number of halogens is 4. The zero-order chi connectivity index (χ0) is 22.5. The summed E-state index contributed by atoms with van der Waals surface area (Å²) in [5, 5.41) is 3.72. The molecular weight excluding hydrogens is 439 g/mol. The van der Waals surface area contributed by atoms with Crippen LogP contribution in [-0.4, -0.2) is 38.1 Å². The van der Waals surface area contributed by atoms with Crippen LogP contribution in [0, 0.1) is 11.8 Å². The van der Waals surface area contributed by atoms with E-state index in [-0.39, 0.29) is 11.9 Å². The van der Waals surface area contributed by atoms with E-state index in [9.17, 15) is 18.0 Å². The Balaban J connectivity index is 1.45. The number of carbonyl (C=O) groups excluding carboxylic acids is 1. The Labute approximate surface area is 190 Å². The van der Waals surface area contributed by atoms with E-state index in [1.54, 1.807) is 6.07 Å². The Hall–Kier alpha value is -2.41. The molecule has 1 aliphatic carbocycles. The molecule has 170 valence electrons. The average Bonchev–Trinajstić information content (AvgIpc) is 3.60. The first-order valence-corrected chi connectivity index (χ1v) is 11.4. The van der Waals surface area contributed by atoms with Gasteiger partial charge in [0.05, 0.1) is 17.5 Å². The van der Waals surface area contributed by atoms with Crippen molar-refractivity contribution in [3.63, 3.8) is 0 Å². The lowest BCUT2D eigenvalue weighted by atomic mass is 9.82. The maximum absolute atomic E-state index is 13.3. The molecule has 2 heterocycles. The highest BCUT2D eigenvalue weighted by molar-refractivity contribution is 6.30. The lowest BCUT2D eigenvalue weighted by molar-refractivity contribution is -0.137. The molecule has 0 spiro atoms. The van der Waals surface area contributed by atoms with E-state index in [4.69, 9.17) is 11.6 Å². The minimum absolute atomic E-state index is 0.0621. The lowest BCUT2D eigenvalue weighted by Gasteiger charge is -2.49. The fourth-order valence-electron chi connectivity index (χ4n) is 4.88. The number of carbonyl (C=O) groups is 1. The van der Waals surface area contributed by atoms with Crippen LogP contribution >= 0.6 is 11.6 Å². The molecule has 3 aliphatic rings. The number of hydrogen-bond acceptors (Lipinski definition) is 3. The number of piperazine rings is 1. The van der Waals surface area contributed by atoms with Crippen molar-refractivity contribution in [2.75, 3.05) is 36.0 Å². The zero-order valence-electron chi connectivity index (χ0n) is 17.5. The molecule has 2 fully saturated rings. The minimum Gasteiger partial charge on any atom is -0.368 e. The van der Waals surface area contributed by atoms with Crippen LogP contribution in [0.3, 0.4) is 0 Å². The van der Waals surface area contributed by atoms with Gasteiger partial charge in [-0.1, -0.05) is 11.6 Å². The van der Waals surface area contributed by atoms with E-state index in [1.165, 1.54) is 6.07 Å². The van der Waals surface area contributed by atoms with Crippen LogP contribution in [-0.2, 0) is 17.4 Å². The molecule has 2 aromatic carbocycles. The van der Waals surface area contributed by atoms with Crippen LogP contribution in [0.15, 0.2) is 42.5 Å². The van der Waals surface area contributed by atoms with Crippen LogP contribution in [0.4, 0.5) is 24.5 Å². The number of nitrogens with zero attached hydrogens (tertiary/aromatic N) is 2. The Morgan fingerprint density at radius 2 is 1.84 bits per heavy atom. The van der Waals surface area contributed by atoms with Crippen molar-refractivity contribution >= 4 is 28.9 Å². The van der Waals surface area contributed by atoms with Crippen molar-refractivity contribution < 1.29 is 18.0 Å². The van der Waals surface area contributed by atoms with Crippen LogP contribution in [0.1, 0.15) is 24.0 Å². The summed E-state index contributed by atoms with van der Waals surface area (Å²) in [5.41, 5.74) is 1.78. The lowest BCUT2D eigenvalue weighted by Crippen LogP contribution is -2.61. The summed E-state index contributed by atoms with van der Waals surface area (Å²) in [5.74, 6) is 0.0763. The molecule has 5 rings (SSSR count). The van der Waals surface area contributed by atoms with Crippen LogP contribution in [0.2, 0.25) is 5.02 Å². The molecule has 2 aliphatic heterocycles. The van der Waals surface area contributed by atoms with Gasteiger partial charge >= 0.3 is 6.18 Å². The first-order valence-electron chi connectivity index (χ1n) is 11.0. The summed E-state index contributed by atoms with van der Waals surface area (Å²) < 4.78 is 40.0. The first-order chi connectivity index (χ1) is 15.3. The number of fused-ring (bicyclic) bond motifs is 3. The van der Waals surface area contributed by atoms with Gasteiger partial charge in [0.25, 0.3) is 0 Å². The molecule has 32 heavy (non-hydrogen) atoms. The standard InChI is InChI=1S/C24H25ClF3N3O/c25-18-4-6-19(7-5-18)30-9-10-31-21-8-3-17(24(26,27)28)11-16(21)12-20(22(31)14-30)23(32)29-13-15-1-2-15/h3-8,11,15,20,22H,1-2,9-10,12-14H2,(H,29,32). The average molecular weight is 464 g/mol. The largest absolute Gasteiger partial charge is 0.416 e. The molecule has 0 bridgehead atoms. The Kier molecular flexibility index (Phi) is 5.48. The van der Waals surface area contributed by atoms with Crippen LogP contribution in [0.25, 0.3) is 0 Å². The van der Waals surface area contributed by atoms with Crippen LogP contribution < -0.4 is 15.1 Å². The van der Waals surface area contributed by atoms with Crippen molar-refractivity contribution in [1.82, 2.24) is 5.32 Å². The van der Waals surface area contributed by atoms with Gasteiger partial charge < -0.3 is 15.1 Å². The fraction of sp³-hybridized carbons (Fsp3) is 0.458. The summed E-state index contributed by atoms with van der Waals surface area (Å²) in [6, 6.07) is 11.5. The number of hydrogen-bond donors (Lipinski definition) is 1. The molecule has 1 N–H and O–H groups in total. The van der Waals surface area contributed by atoms with Crippen molar-refractivity contribution in [2.45, 2.75) is 31.5 Å². The second-order valence-electron chi connectivity index (χ2n) is 9.02. The third-order valence-electron chi connectivity index (χ3n) is 6.83. The van der Waals surface area contributed by atoms with E-state index < -0.39 is 17.7 Å². The zero-order valence-corrected chi connectivity index (χ0v) is 18.3. The number of alkyl halides is 3. The second-order valence-corrected chi connectivity index (χ2v) is 9.46. The Bertz CT molecular complexity index is 1010. The van der Waals surface area contributed by atoms with Gasteiger partial charge in [0.1, 0.15) is 0 Å². The van der Waals surface area contributed by atoms with Gasteiger partial charge in [-0.25, -0.2) is 0 Å². The molecule has 2 aromatic rings. The maximum Gasteiger partial charge on any atom is 0.416 e. The number of amides is 1. The van der Waals surface area contributed by atoms with Gasteiger partial charge in [-0.3, -0.25) is 4.79 Å². The molecule has 1 saturated heterocycles. The minimum atomic E-state index is -4.40. The number of benzene rings is 2. The van der Waals surface area contributed by atoms with Crippen molar-refractivity contribution in [3.8, 4) is 0 Å². The number of rotatable bonds is 4. The Morgan fingerprint density at radius 3 is 2.53 bits per heavy atom. The fourth-order valence-corrected chi connectivity index (χ4v) is 5.01. The molecule has 4 nitrogen and oxygen atoms in total. The van der Waals surface area contributed by atoms with Crippen LogP contribution in [0.5, 0.6) is 0 Å². The van der Waals surface area contributed by atoms with E-state index in [1.807, 2.05) is 24.3 Å². The summed E-state index contributed by atoms with van der Waals surface area (Å²) in [6.45, 7) is 2.63. The highest BCUT2D eigenvalue weighted by Gasteiger charge is 2.43. The van der Waals surface area contributed by atoms with Crippen molar-refractivity contribution in [1.29, 1.82) is 0 Å². The van der Waals surface area contributed by atoms with Gasteiger partial charge in [0.15, 0.2) is 0 Å². The molecule has 2 atom stereocenters. The number of nitrogens with one attached hydrogen (secondary N) is 1. The van der Waals surface area contributed by atoms with E-state index in [2.05, 4.69) is 15.1 Å². The third kappa shape index (κ3) is 4.27. The predicted octanol–water partition coefficient (Wildman–Crippen LogP) is 4.75. The van der Waals surface area contributed by atoms with Gasteiger partial charge in [0.2, 0.25) is 5.91 Å². The summed E-state index contributed by atoms with van der Waals surface area (Å²) in [7, 11) is 0. The summed E-state index contributed by atoms with van der Waals surface area (Å²) in [6.07, 6.45) is -1.83. The van der Waals surface area contributed by atoms with Gasteiger partial charge in [0, 0.05) is 42.6 Å².